The third-order valence-electron chi connectivity index (χ3n) is 6.44. The molecule has 1 aromatic carbocycles. The predicted molar refractivity (Wildman–Crippen MR) is 144 cm³/mol. The van der Waals surface area contributed by atoms with E-state index >= 15 is 0 Å². The Bertz CT molecular complexity index is 1320. The van der Waals surface area contributed by atoms with Crippen molar-refractivity contribution in [2.45, 2.75) is 40.3 Å². The lowest BCUT2D eigenvalue weighted by atomic mass is 10.2. The monoisotopic (exact) mass is 557 g/mol. The maximum atomic E-state index is 13.1. The quantitative estimate of drug-likeness (QED) is 0.435. The molecule has 1 aliphatic heterocycles. The maximum absolute atomic E-state index is 13.1. The summed E-state index contributed by atoms with van der Waals surface area (Å²) in [5.74, 6) is 0.568. The number of nitrogens with one attached hydrogen (secondary N) is 1. The molecule has 1 N–H and O–H groups in total. The van der Waals surface area contributed by atoms with Crippen LogP contribution < -0.4 is 10.1 Å². The third kappa shape index (κ3) is 6.54. The molecule has 4 rings (SSSR count). The fourth-order valence-electron chi connectivity index (χ4n) is 4.21. The summed E-state index contributed by atoms with van der Waals surface area (Å²) in [5.41, 5.74) is 1.92. The van der Waals surface area contributed by atoms with Gasteiger partial charge in [0.1, 0.15) is 24.2 Å². The lowest BCUT2D eigenvalue weighted by molar-refractivity contribution is -0.136. The second-order valence-electron chi connectivity index (χ2n) is 9.19. The van der Waals surface area contributed by atoms with E-state index in [1.807, 2.05) is 19.1 Å². The number of benzene rings is 1. The fraction of sp³-hybridized carbons (Fsp3) is 0.407. The van der Waals surface area contributed by atoms with Gasteiger partial charge in [-0.15, -0.1) is 0 Å². The number of aryl methyl sites for hydroxylation is 2. The van der Waals surface area contributed by atoms with Crippen molar-refractivity contribution in [3.05, 3.63) is 64.3 Å². The Kier molecular flexibility index (Phi) is 8.80. The summed E-state index contributed by atoms with van der Waals surface area (Å²) in [7, 11) is 0. The summed E-state index contributed by atoms with van der Waals surface area (Å²) < 4.78 is 18.0. The van der Waals surface area contributed by atoms with Crippen LogP contribution in [0.1, 0.15) is 47.5 Å². The zero-order valence-electron chi connectivity index (χ0n) is 22.4. The minimum absolute atomic E-state index is 0.111. The van der Waals surface area contributed by atoms with Crippen LogP contribution in [0.4, 0.5) is 10.5 Å². The minimum atomic E-state index is -0.593. The van der Waals surface area contributed by atoms with Gasteiger partial charge in [-0.25, -0.2) is 4.79 Å². The number of anilines is 1. The van der Waals surface area contributed by atoms with Gasteiger partial charge in [-0.3, -0.25) is 14.3 Å². The highest BCUT2D eigenvalue weighted by Crippen LogP contribution is 2.29. The predicted octanol–water partition coefficient (Wildman–Crippen LogP) is 4.44. The zero-order chi connectivity index (χ0) is 28.1. The van der Waals surface area contributed by atoms with E-state index in [1.54, 1.807) is 55.0 Å². The largest absolute Gasteiger partial charge is 0.484 e. The molecule has 11 nitrogen and oxygen atoms in total. The summed E-state index contributed by atoms with van der Waals surface area (Å²) in [6.07, 6.45) is 1.25. The molecule has 1 aliphatic rings. The van der Waals surface area contributed by atoms with E-state index in [-0.39, 0.29) is 24.4 Å². The van der Waals surface area contributed by atoms with Gasteiger partial charge in [-0.1, -0.05) is 23.7 Å². The van der Waals surface area contributed by atoms with Crippen LogP contribution >= 0.6 is 11.6 Å². The van der Waals surface area contributed by atoms with Gasteiger partial charge >= 0.3 is 6.09 Å². The molecule has 0 saturated carbocycles. The van der Waals surface area contributed by atoms with Crippen molar-refractivity contribution in [3.8, 4) is 5.75 Å². The van der Waals surface area contributed by atoms with Crippen molar-refractivity contribution in [2.75, 3.05) is 38.1 Å². The van der Waals surface area contributed by atoms with Crippen molar-refractivity contribution < 1.29 is 28.3 Å². The number of furan rings is 1. The minimum Gasteiger partial charge on any atom is -0.484 e. The van der Waals surface area contributed by atoms with Crippen LogP contribution in [0.5, 0.6) is 5.75 Å². The Morgan fingerprint density at radius 2 is 1.82 bits per heavy atom. The molecule has 3 heterocycles. The molecule has 2 aromatic heterocycles. The second kappa shape index (κ2) is 12.2. The number of halogens is 1. The highest BCUT2D eigenvalue weighted by Gasteiger charge is 2.29. The average Bonchev–Trinajstić information content (AvgIpc) is 3.54. The van der Waals surface area contributed by atoms with Crippen molar-refractivity contribution in [2.24, 2.45) is 0 Å². The topological polar surface area (TPSA) is 119 Å². The molecule has 0 bridgehead atoms. The molecule has 1 unspecified atom stereocenters. The van der Waals surface area contributed by atoms with Gasteiger partial charge in [0.2, 0.25) is 5.91 Å². The first-order valence-electron chi connectivity index (χ1n) is 12.7. The number of rotatable bonds is 8. The summed E-state index contributed by atoms with van der Waals surface area (Å²) >= 11 is 6.20. The molecular weight excluding hydrogens is 526 g/mol. The van der Waals surface area contributed by atoms with Gasteiger partial charge in [-0.2, -0.15) is 5.10 Å². The number of carbonyl (C=O) groups excluding carboxylic acids is 3. The Morgan fingerprint density at radius 3 is 2.51 bits per heavy atom. The fourth-order valence-corrected chi connectivity index (χ4v) is 4.48. The molecule has 3 aromatic rings. The van der Waals surface area contributed by atoms with E-state index in [0.717, 1.165) is 5.56 Å². The number of para-hydroxylation sites is 1. The molecule has 1 saturated heterocycles. The summed E-state index contributed by atoms with van der Waals surface area (Å²) in [6.45, 7) is 9.20. The molecular formula is C27H32ClN5O6. The first-order valence-corrected chi connectivity index (χ1v) is 13.1. The molecule has 39 heavy (non-hydrogen) atoms. The highest BCUT2D eigenvalue weighted by atomic mass is 35.5. The molecule has 0 spiro atoms. The third-order valence-corrected chi connectivity index (χ3v) is 6.74. The van der Waals surface area contributed by atoms with Gasteiger partial charge in [0.25, 0.3) is 5.91 Å². The standard InChI is InChI=1S/C27H32ClN5O6/c1-5-37-27(36)32-13-11-31(12-14-32)26(35)19(4)33-15-22(18(3)30-33)29-25(34)23-10-9-20(39-23)16-38-24-17(2)7-6-8-21(24)28/h6-10,15,19H,5,11-14,16H2,1-4H3,(H,29,34). The van der Waals surface area contributed by atoms with E-state index in [4.69, 9.17) is 25.5 Å². The molecule has 1 fully saturated rings. The van der Waals surface area contributed by atoms with Gasteiger partial charge in [0.15, 0.2) is 5.76 Å². The summed E-state index contributed by atoms with van der Waals surface area (Å²) in [4.78, 5) is 41.1. The number of ether oxygens (including phenoxy) is 2. The van der Waals surface area contributed by atoms with Crippen molar-refractivity contribution >= 4 is 35.2 Å². The molecule has 3 amide bonds. The molecule has 0 aliphatic carbocycles. The van der Waals surface area contributed by atoms with Crippen molar-refractivity contribution in [1.82, 2.24) is 19.6 Å². The van der Waals surface area contributed by atoms with E-state index in [9.17, 15) is 14.4 Å². The lowest BCUT2D eigenvalue weighted by Gasteiger charge is -2.35. The maximum Gasteiger partial charge on any atom is 0.409 e. The van der Waals surface area contributed by atoms with E-state index < -0.39 is 11.9 Å². The van der Waals surface area contributed by atoms with Crippen LogP contribution in [0, 0.1) is 13.8 Å². The first kappa shape index (κ1) is 28.0. The van der Waals surface area contributed by atoms with Crippen LogP contribution in [0.25, 0.3) is 0 Å². The van der Waals surface area contributed by atoms with E-state index in [1.165, 1.54) is 4.68 Å². The molecule has 1 atom stereocenters. The number of aromatic nitrogens is 2. The Hall–Kier alpha value is -3.99. The molecule has 12 heteroatoms. The Balaban J connectivity index is 1.33. The Morgan fingerprint density at radius 1 is 1.10 bits per heavy atom. The van der Waals surface area contributed by atoms with Crippen LogP contribution in [0.2, 0.25) is 5.02 Å². The number of piperazine rings is 1. The first-order chi connectivity index (χ1) is 18.7. The number of nitrogens with zero attached hydrogens (tertiary/aromatic N) is 4. The SMILES string of the molecule is CCOC(=O)N1CCN(C(=O)C(C)n2cc(NC(=O)c3ccc(COc4c(C)cccc4Cl)o3)c(C)n2)CC1. The average molecular weight is 558 g/mol. The summed E-state index contributed by atoms with van der Waals surface area (Å²) in [6, 6.07) is 8.12. The molecule has 208 valence electrons. The van der Waals surface area contributed by atoms with Crippen LogP contribution in [0.3, 0.4) is 0 Å². The van der Waals surface area contributed by atoms with E-state index in [0.29, 0.717) is 60.7 Å². The smallest absolute Gasteiger partial charge is 0.409 e. The second-order valence-corrected chi connectivity index (χ2v) is 9.60. The van der Waals surface area contributed by atoms with Gasteiger partial charge in [0, 0.05) is 32.4 Å². The molecule has 0 radical (unpaired) electrons. The number of carbonyl (C=O) groups is 3. The van der Waals surface area contributed by atoms with Crippen LogP contribution in [-0.4, -0.2) is 70.3 Å². The van der Waals surface area contributed by atoms with E-state index in [2.05, 4.69) is 10.4 Å². The van der Waals surface area contributed by atoms with Gasteiger partial charge in [-0.05, 0) is 51.5 Å². The lowest BCUT2D eigenvalue weighted by Crippen LogP contribution is -2.52. The highest BCUT2D eigenvalue weighted by molar-refractivity contribution is 6.32. The number of amides is 3. The number of hydrogen-bond acceptors (Lipinski definition) is 7. The van der Waals surface area contributed by atoms with Crippen molar-refractivity contribution in [1.29, 1.82) is 0 Å². The van der Waals surface area contributed by atoms with Gasteiger partial charge < -0.3 is 29.0 Å². The zero-order valence-corrected chi connectivity index (χ0v) is 23.2. The van der Waals surface area contributed by atoms with Crippen LogP contribution in [0.15, 0.2) is 40.9 Å². The Labute approximate surface area is 231 Å². The van der Waals surface area contributed by atoms with Crippen molar-refractivity contribution in [3.63, 3.8) is 0 Å². The van der Waals surface area contributed by atoms with Crippen LogP contribution in [-0.2, 0) is 16.1 Å². The summed E-state index contributed by atoms with van der Waals surface area (Å²) in [5, 5.41) is 7.73. The van der Waals surface area contributed by atoms with Gasteiger partial charge in [0.05, 0.1) is 23.0 Å². The number of hydrogen-bond donors (Lipinski definition) is 1. The normalized spacial score (nSPS) is 14.2.